The normalized spacial score (nSPS) is 30.6. The number of hydrogen-bond acceptors (Lipinski definition) is 0. The lowest BCUT2D eigenvalue weighted by molar-refractivity contribution is 0.227. The summed E-state index contributed by atoms with van der Waals surface area (Å²) in [6.07, 6.45) is 12.5. The van der Waals surface area contributed by atoms with E-state index in [2.05, 4.69) is 35.4 Å². The second-order valence-electron chi connectivity index (χ2n) is 6.61. The monoisotopic (exact) mass is 255 g/mol. The molecule has 2 saturated carbocycles. The zero-order valence-electron chi connectivity index (χ0n) is 11.6. The average Bonchev–Trinajstić information content (AvgIpc) is 3.05. The maximum atomic E-state index is 3.43. The van der Waals surface area contributed by atoms with Crippen LogP contribution in [-0.2, 0) is 6.42 Å². The highest BCUT2D eigenvalue weighted by Crippen LogP contribution is 2.47. The van der Waals surface area contributed by atoms with Gasteiger partial charge in [0.15, 0.2) is 0 Å². The van der Waals surface area contributed by atoms with E-state index in [1.807, 2.05) is 0 Å². The third kappa shape index (κ3) is 2.00. The first-order valence-corrected chi connectivity index (χ1v) is 7.97. The molecular formula is C18H25N. The zero-order chi connectivity index (χ0) is 12.7. The lowest BCUT2D eigenvalue weighted by atomic mass is 9.76. The Hall–Kier alpha value is -1.24. The van der Waals surface area contributed by atoms with Crippen LogP contribution in [0.4, 0.5) is 0 Å². The molecule has 102 valence electrons. The lowest BCUT2D eigenvalue weighted by Crippen LogP contribution is -2.20. The van der Waals surface area contributed by atoms with Crippen molar-refractivity contribution in [2.75, 3.05) is 0 Å². The number of aromatic nitrogens is 1. The molecule has 1 nitrogen and oxygen atoms in total. The summed E-state index contributed by atoms with van der Waals surface area (Å²) >= 11 is 0. The molecule has 3 atom stereocenters. The lowest BCUT2D eigenvalue weighted by Gasteiger charge is -2.29. The molecule has 1 aromatic carbocycles. The van der Waals surface area contributed by atoms with E-state index in [-0.39, 0.29) is 1.43 Å². The molecule has 1 heterocycles. The smallest absolute Gasteiger partial charge is 0.0456 e. The Kier molecular flexibility index (Phi) is 2.86. The molecular weight excluding hydrogens is 230 g/mol. The predicted octanol–water partition coefficient (Wildman–Crippen LogP) is 5.17. The number of aromatic amines is 1. The van der Waals surface area contributed by atoms with E-state index in [4.69, 9.17) is 0 Å². The second kappa shape index (κ2) is 4.70. The van der Waals surface area contributed by atoms with Crippen LogP contribution in [-0.4, -0.2) is 4.98 Å². The molecule has 19 heavy (non-hydrogen) atoms. The van der Waals surface area contributed by atoms with Crippen molar-refractivity contribution in [1.82, 2.24) is 4.98 Å². The SMILES string of the molecule is [HH].c1ccc2c(CC3CCC4CCCCC43)c[nH]c2c1. The van der Waals surface area contributed by atoms with Crippen molar-refractivity contribution < 1.29 is 1.43 Å². The Bertz CT molecular complexity index is 574. The molecule has 1 aromatic heterocycles. The first kappa shape index (κ1) is 11.6. The molecule has 0 saturated heterocycles. The van der Waals surface area contributed by atoms with Crippen LogP contribution in [0.3, 0.4) is 0 Å². The molecule has 3 unspecified atom stereocenters. The Balaban J connectivity index is 0.00000121. The van der Waals surface area contributed by atoms with E-state index in [0.717, 1.165) is 17.8 Å². The predicted molar refractivity (Wildman–Crippen MR) is 82.3 cm³/mol. The molecule has 0 bridgehead atoms. The van der Waals surface area contributed by atoms with Gasteiger partial charge >= 0.3 is 0 Å². The van der Waals surface area contributed by atoms with E-state index < -0.39 is 0 Å². The quantitative estimate of drug-likeness (QED) is 0.761. The summed E-state index contributed by atoms with van der Waals surface area (Å²) in [5.74, 6) is 3.04. The fraction of sp³-hybridized carbons (Fsp3) is 0.556. The standard InChI is InChI=1S/C18H23N.H2/c1-2-6-16-13(5-1)9-10-14(16)11-15-12-19-18-8-4-3-7-17(15)18;/h3-4,7-8,12-14,16,19H,1-2,5-6,9-11H2;1H. The third-order valence-corrected chi connectivity index (χ3v) is 5.64. The van der Waals surface area contributed by atoms with Crippen molar-refractivity contribution in [1.29, 1.82) is 0 Å². The average molecular weight is 255 g/mol. The number of rotatable bonds is 2. The summed E-state index contributed by atoms with van der Waals surface area (Å²) in [4.78, 5) is 3.43. The minimum Gasteiger partial charge on any atom is -0.361 e. The highest BCUT2D eigenvalue weighted by molar-refractivity contribution is 5.83. The molecule has 1 N–H and O–H groups in total. The summed E-state index contributed by atoms with van der Waals surface area (Å²) < 4.78 is 0. The molecule has 2 aliphatic rings. The van der Waals surface area contributed by atoms with Crippen molar-refractivity contribution in [3.63, 3.8) is 0 Å². The number of nitrogens with one attached hydrogen (secondary N) is 1. The van der Waals surface area contributed by atoms with E-state index >= 15 is 0 Å². The van der Waals surface area contributed by atoms with Gasteiger partial charge in [-0.2, -0.15) is 0 Å². The largest absolute Gasteiger partial charge is 0.361 e. The maximum Gasteiger partial charge on any atom is 0.0456 e. The summed E-state index contributed by atoms with van der Waals surface area (Å²) in [7, 11) is 0. The summed E-state index contributed by atoms with van der Waals surface area (Å²) in [6.45, 7) is 0. The summed E-state index contributed by atoms with van der Waals surface area (Å²) in [6, 6.07) is 8.75. The fourth-order valence-corrected chi connectivity index (χ4v) is 4.69. The molecule has 0 aliphatic heterocycles. The van der Waals surface area contributed by atoms with Gasteiger partial charge in [-0.05, 0) is 55.1 Å². The number of fused-ring (bicyclic) bond motifs is 2. The first-order chi connectivity index (χ1) is 9.42. The van der Waals surface area contributed by atoms with E-state index in [1.54, 1.807) is 5.56 Å². The van der Waals surface area contributed by atoms with Crippen molar-refractivity contribution in [2.45, 2.75) is 44.9 Å². The van der Waals surface area contributed by atoms with E-state index in [0.29, 0.717) is 0 Å². The van der Waals surface area contributed by atoms with Gasteiger partial charge in [0.25, 0.3) is 0 Å². The highest BCUT2D eigenvalue weighted by atomic mass is 14.7. The van der Waals surface area contributed by atoms with Gasteiger partial charge < -0.3 is 4.98 Å². The topological polar surface area (TPSA) is 15.8 Å². The third-order valence-electron chi connectivity index (χ3n) is 5.64. The number of benzene rings is 1. The van der Waals surface area contributed by atoms with Crippen molar-refractivity contribution >= 4 is 10.9 Å². The van der Waals surface area contributed by atoms with Gasteiger partial charge in [-0.3, -0.25) is 0 Å². The van der Waals surface area contributed by atoms with Crippen molar-refractivity contribution in [3.8, 4) is 0 Å². The molecule has 2 aromatic rings. The summed E-state index contributed by atoms with van der Waals surface area (Å²) in [5, 5.41) is 1.45. The molecule has 1 heteroatoms. The molecule has 2 aliphatic carbocycles. The van der Waals surface area contributed by atoms with Crippen LogP contribution in [0, 0.1) is 17.8 Å². The van der Waals surface area contributed by atoms with Crippen LogP contribution >= 0.6 is 0 Å². The van der Waals surface area contributed by atoms with Crippen LogP contribution in [0.2, 0.25) is 0 Å². The van der Waals surface area contributed by atoms with Gasteiger partial charge in [0, 0.05) is 18.5 Å². The highest BCUT2D eigenvalue weighted by Gasteiger charge is 2.37. The van der Waals surface area contributed by atoms with Gasteiger partial charge in [-0.15, -0.1) is 0 Å². The Labute approximate surface area is 116 Å². The molecule has 0 radical (unpaired) electrons. The zero-order valence-corrected chi connectivity index (χ0v) is 11.6. The molecule has 2 fully saturated rings. The van der Waals surface area contributed by atoms with Crippen molar-refractivity contribution in [2.24, 2.45) is 17.8 Å². The number of para-hydroxylation sites is 1. The van der Waals surface area contributed by atoms with Crippen LogP contribution in [0.15, 0.2) is 30.5 Å². The van der Waals surface area contributed by atoms with Crippen LogP contribution in [0.5, 0.6) is 0 Å². The molecule has 0 spiro atoms. The molecule has 4 rings (SSSR count). The second-order valence-corrected chi connectivity index (χ2v) is 6.61. The Morgan fingerprint density at radius 1 is 1.05 bits per heavy atom. The number of H-pyrrole nitrogens is 1. The fourth-order valence-electron chi connectivity index (χ4n) is 4.69. The van der Waals surface area contributed by atoms with Crippen LogP contribution in [0.25, 0.3) is 10.9 Å². The summed E-state index contributed by atoms with van der Waals surface area (Å²) in [5.41, 5.74) is 2.85. The van der Waals surface area contributed by atoms with E-state index in [9.17, 15) is 0 Å². The van der Waals surface area contributed by atoms with Gasteiger partial charge in [-0.25, -0.2) is 0 Å². The molecule has 0 amide bonds. The first-order valence-electron chi connectivity index (χ1n) is 7.97. The Morgan fingerprint density at radius 2 is 1.95 bits per heavy atom. The van der Waals surface area contributed by atoms with Gasteiger partial charge in [0.05, 0.1) is 0 Å². The number of hydrogen-bond donors (Lipinski definition) is 1. The van der Waals surface area contributed by atoms with Gasteiger partial charge in [-0.1, -0.05) is 37.5 Å². The Morgan fingerprint density at radius 3 is 2.95 bits per heavy atom. The minimum atomic E-state index is 0. The van der Waals surface area contributed by atoms with Crippen LogP contribution < -0.4 is 0 Å². The van der Waals surface area contributed by atoms with Crippen molar-refractivity contribution in [3.05, 3.63) is 36.0 Å². The maximum absolute atomic E-state index is 3.43. The van der Waals surface area contributed by atoms with Gasteiger partial charge in [0.2, 0.25) is 0 Å². The van der Waals surface area contributed by atoms with Crippen LogP contribution in [0.1, 0.15) is 45.5 Å². The van der Waals surface area contributed by atoms with E-state index in [1.165, 1.54) is 55.8 Å². The minimum absolute atomic E-state index is 0. The van der Waals surface area contributed by atoms with Gasteiger partial charge in [0.1, 0.15) is 0 Å².